The molecule has 1 aromatic heterocycles. The Bertz CT molecular complexity index is 761. The molecule has 0 N–H and O–H groups in total. The fourth-order valence-corrected chi connectivity index (χ4v) is 2.97. The van der Waals surface area contributed by atoms with Crippen LogP contribution < -0.4 is 4.74 Å². The summed E-state index contributed by atoms with van der Waals surface area (Å²) in [7, 11) is 1.62. The van der Waals surface area contributed by atoms with E-state index in [1.54, 1.807) is 12.0 Å². The molecule has 3 rings (SSSR count). The number of nitrogens with zero attached hydrogens (tertiary/aromatic N) is 2. The van der Waals surface area contributed by atoms with Crippen molar-refractivity contribution in [2.45, 2.75) is 25.4 Å². The minimum Gasteiger partial charge on any atom is -0.497 e. The van der Waals surface area contributed by atoms with Gasteiger partial charge in [-0.05, 0) is 30.5 Å². The van der Waals surface area contributed by atoms with Crippen molar-refractivity contribution in [3.63, 3.8) is 0 Å². The zero-order valence-corrected chi connectivity index (χ0v) is 15.2. The second-order valence-corrected chi connectivity index (χ2v) is 6.76. The van der Waals surface area contributed by atoms with Gasteiger partial charge in [-0.1, -0.05) is 46.9 Å². The van der Waals surface area contributed by atoms with Gasteiger partial charge in [0, 0.05) is 18.8 Å². The molecule has 0 unspecified atom stereocenters. The van der Waals surface area contributed by atoms with Gasteiger partial charge in [0.05, 0.1) is 22.2 Å². The summed E-state index contributed by atoms with van der Waals surface area (Å²) < 4.78 is 5.16. The van der Waals surface area contributed by atoms with E-state index in [1.165, 1.54) is 6.20 Å². The number of hydrogen-bond acceptors (Lipinski definition) is 3. The first-order valence-corrected chi connectivity index (χ1v) is 8.58. The largest absolute Gasteiger partial charge is 0.497 e. The summed E-state index contributed by atoms with van der Waals surface area (Å²) in [5.41, 5.74) is 1.14. The van der Waals surface area contributed by atoms with Crippen LogP contribution in [-0.4, -0.2) is 28.9 Å². The lowest BCUT2D eigenvalue weighted by Gasteiger charge is -2.23. The van der Waals surface area contributed by atoms with Crippen LogP contribution in [0.15, 0.2) is 30.5 Å². The molecule has 7 heteroatoms. The first kappa shape index (κ1) is 17.3. The molecule has 2 aromatic rings. The average molecular weight is 386 g/mol. The second-order valence-electron chi connectivity index (χ2n) is 5.60. The highest BCUT2D eigenvalue weighted by Gasteiger charge is 2.35. The number of pyridine rings is 1. The Morgan fingerprint density at radius 1 is 1.21 bits per heavy atom. The van der Waals surface area contributed by atoms with Crippen LogP contribution in [0.25, 0.3) is 0 Å². The summed E-state index contributed by atoms with van der Waals surface area (Å²) in [5, 5.41) is 0.470. The molecule has 1 saturated carbocycles. The standard InChI is InChI=1S/C17H15Cl3N2O2/c1-24-12-6-2-10(3-7-12)9-22(11-4-5-11)17(23)16-15(20)14(19)13(18)8-21-16/h2-3,6-8,11H,4-5,9H2,1H3. The number of ether oxygens (including phenoxy) is 1. The maximum Gasteiger partial charge on any atom is 0.274 e. The molecule has 0 atom stereocenters. The quantitative estimate of drug-likeness (QED) is 0.738. The maximum atomic E-state index is 12.9. The van der Waals surface area contributed by atoms with Gasteiger partial charge in [0.2, 0.25) is 0 Å². The minimum atomic E-state index is -0.239. The smallest absolute Gasteiger partial charge is 0.274 e. The van der Waals surface area contributed by atoms with E-state index in [9.17, 15) is 4.79 Å². The van der Waals surface area contributed by atoms with Crippen LogP contribution in [-0.2, 0) is 6.54 Å². The van der Waals surface area contributed by atoms with Gasteiger partial charge in [0.1, 0.15) is 11.4 Å². The van der Waals surface area contributed by atoms with Gasteiger partial charge in [0.15, 0.2) is 0 Å². The van der Waals surface area contributed by atoms with Gasteiger partial charge < -0.3 is 9.64 Å². The molecule has 0 saturated heterocycles. The molecule has 0 aliphatic heterocycles. The lowest BCUT2D eigenvalue weighted by molar-refractivity contribution is 0.0724. The molecule has 1 aliphatic carbocycles. The van der Waals surface area contributed by atoms with E-state index in [1.807, 2.05) is 24.3 Å². The minimum absolute atomic E-state index is 0.0922. The van der Waals surface area contributed by atoms with Crippen molar-refractivity contribution < 1.29 is 9.53 Å². The third kappa shape index (κ3) is 3.61. The van der Waals surface area contributed by atoms with Crippen molar-refractivity contribution in [3.8, 4) is 5.75 Å². The monoisotopic (exact) mass is 384 g/mol. The Balaban J connectivity index is 1.85. The fourth-order valence-electron chi connectivity index (χ4n) is 2.41. The van der Waals surface area contributed by atoms with Gasteiger partial charge in [-0.3, -0.25) is 4.79 Å². The van der Waals surface area contributed by atoms with Crippen LogP contribution >= 0.6 is 34.8 Å². The van der Waals surface area contributed by atoms with Crippen LogP contribution in [0.2, 0.25) is 15.1 Å². The van der Waals surface area contributed by atoms with Crippen molar-refractivity contribution in [1.29, 1.82) is 0 Å². The number of hydrogen-bond donors (Lipinski definition) is 0. The van der Waals surface area contributed by atoms with Crippen LogP contribution in [0, 0.1) is 0 Å². The summed E-state index contributed by atoms with van der Waals surface area (Å²) in [6, 6.07) is 7.81. The van der Waals surface area contributed by atoms with Crippen LogP contribution in [0.5, 0.6) is 5.75 Å². The highest BCUT2D eigenvalue weighted by molar-refractivity contribution is 6.48. The molecule has 1 aromatic carbocycles. The first-order valence-electron chi connectivity index (χ1n) is 7.44. The van der Waals surface area contributed by atoms with Crippen molar-refractivity contribution >= 4 is 40.7 Å². The Kier molecular flexibility index (Phi) is 5.18. The Labute approximate surface area is 155 Å². The number of halogens is 3. The van der Waals surface area contributed by atoms with E-state index >= 15 is 0 Å². The van der Waals surface area contributed by atoms with Gasteiger partial charge in [0.25, 0.3) is 5.91 Å². The van der Waals surface area contributed by atoms with Crippen LogP contribution in [0.4, 0.5) is 0 Å². The van der Waals surface area contributed by atoms with Crippen molar-refractivity contribution in [2.24, 2.45) is 0 Å². The molecule has 4 nitrogen and oxygen atoms in total. The molecule has 1 heterocycles. The van der Waals surface area contributed by atoms with Crippen molar-refractivity contribution in [3.05, 3.63) is 56.8 Å². The van der Waals surface area contributed by atoms with Gasteiger partial charge in [-0.25, -0.2) is 4.98 Å². The first-order chi connectivity index (χ1) is 11.5. The highest BCUT2D eigenvalue weighted by atomic mass is 35.5. The molecular formula is C17H15Cl3N2O2. The van der Waals surface area contributed by atoms with Crippen molar-refractivity contribution in [2.75, 3.05) is 7.11 Å². The Hall–Kier alpha value is -1.49. The van der Waals surface area contributed by atoms with E-state index in [0.29, 0.717) is 6.54 Å². The number of carbonyl (C=O) groups is 1. The predicted molar refractivity (Wildman–Crippen MR) is 95.2 cm³/mol. The van der Waals surface area contributed by atoms with Gasteiger partial charge in [-0.15, -0.1) is 0 Å². The summed E-state index contributed by atoms with van der Waals surface area (Å²) in [6.45, 7) is 0.478. The number of amides is 1. The van der Waals surface area contributed by atoms with E-state index in [-0.39, 0.29) is 32.7 Å². The summed E-state index contributed by atoms with van der Waals surface area (Å²) in [6.07, 6.45) is 3.29. The molecular weight excluding hydrogens is 371 g/mol. The molecule has 126 valence electrons. The number of rotatable bonds is 5. The topological polar surface area (TPSA) is 42.4 Å². The van der Waals surface area contributed by atoms with E-state index in [4.69, 9.17) is 39.5 Å². The zero-order chi connectivity index (χ0) is 17.3. The van der Waals surface area contributed by atoms with E-state index < -0.39 is 0 Å². The summed E-state index contributed by atoms with van der Waals surface area (Å²) in [4.78, 5) is 18.7. The molecule has 1 fully saturated rings. The molecule has 1 amide bonds. The van der Waals surface area contributed by atoms with Gasteiger partial charge >= 0.3 is 0 Å². The normalized spacial score (nSPS) is 13.7. The SMILES string of the molecule is COc1ccc(CN(C(=O)c2ncc(Cl)c(Cl)c2Cl)C2CC2)cc1. The number of carbonyl (C=O) groups excluding carboxylic acids is 1. The van der Waals surface area contributed by atoms with E-state index in [2.05, 4.69) is 4.98 Å². The van der Waals surface area contributed by atoms with E-state index in [0.717, 1.165) is 24.2 Å². The third-order valence-corrected chi connectivity index (χ3v) is 5.12. The van der Waals surface area contributed by atoms with Crippen LogP contribution in [0.3, 0.4) is 0 Å². The lowest BCUT2D eigenvalue weighted by Crippen LogP contribution is -2.33. The van der Waals surface area contributed by atoms with Crippen LogP contribution in [0.1, 0.15) is 28.9 Å². The number of methoxy groups -OCH3 is 1. The fraction of sp³-hybridized carbons (Fsp3) is 0.294. The second kappa shape index (κ2) is 7.18. The molecule has 24 heavy (non-hydrogen) atoms. The molecule has 0 radical (unpaired) electrons. The molecule has 0 spiro atoms. The Morgan fingerprint density at radius 3 is 2.46 bits per heavy atom. The highest BCUT2D eigenvalue weighted by Crippen LogP contribution is 2.35. The number of aromatic nitrogens is 1. The number of benzene rings is 1. The predicted octanol–water partition coefficient (Wildman–Crippen LogP) is 4.86. The van der Waals surface area contributed by atoms with Gasteiger partial charge in [-0.2, -0.15) is 0 Å². The van der Waals surface area contributed by atoms with Crippen molar-refractivity contribution in [1.82, 2.24) is 9.88 Å². The average Bonchev–Trinajstić information content (AvgIpc) is 3.42. The zero-order valence-electron chi connectivity index (χ0n) is 12.9. The third-order valence-electron chi connectivity index (χ3n) is 3.88. The maximum absolute atomic E-state index is 12.9. The lowest BCUT2D eigenvalue weighted by atomic mass is 10.2. The Morgan fingerprint density at radius 2 is 1.88 bits per heavy atom. The molecule has 1 aliphatic rings. The molecule has 0 bridgehead atoms. The summed E-state index contributed by atoms with van der Waals surface area (Å²) in [5.74, 6) is 0.536. The summed E-state index contributed by atoms with van der Waals surface area (Å²) >= 11 is 18.1.